The number of hydrogen-bond donors (Lipinski definition) is 1. The zero-order chi connectivity index (χ0) is 18.3. The van der Waals surface area contributed by atoms with Gasteiger partial charge in [-0.3, -0.25) is 0 Å². The van der Waals surface area contributed by atoms with Crippen LogP contribution in [0.1, 0.15) is 10.7 Å². The molecular formula is C20H15FIN3S. The van der Waals surface area contributed by atoms with Crippen molar-refractivity contribution >= 4 is 55.6 Å². The van der Waals surface area contributed by atoms with E-state index in [1.165, 1.54) is 15.7 Å². The smallest absolute Gasteiger partial charge is 0.143 e. The van der Waals surface area contributed by atoms with Gasteiger partial charge in [0.05, 0.1) is 5.39 Å². The first-order chi connectivity index (χ1) is 12.5. The number of rotatable bonds is 3. The van der Waals surface area contributed by atoms with Gasteiger partial charge < -0.3 is 5.32 Å². The minimum atomic E-state index is -0.240. The third-order valence-corrected chi connectivity index (χ3v) is 5.80. The van der Waals surface area contributed by atoms with Crippen LogP contribution in [0.3, 0.4) is 0 Å². The van der Waals surface area contributed by atoms with Gasteiger partial charge in [-0.1, -0.05) is 12.1 Å². The minimum Gasteiger partial charge on any atom is -0.340 e. The Bertz CT molecular complexity index is 1090. The maximum Gasteiger partial charge on any atom is 0.143 e. The lowest BCUT2D eigenvalue weighted by Gasteiger charge is -2.10. The standard InChI is InChI=1S/C20H15FIN3S/c1-11-17(13-3-5-14(21)6-4-13)18-19(23-12(2)24-20(18)26-11)25-16-9-7-15(22)8-10-16/h3-10H,1-2H3,(H,23,24,25). The van der Waals surface area contributed by atoms with E-state index in [9.17, 15) is 4.39 Å². The highest BCUT2D eigenvalue weighted by Crippen LogP contribution is 2.41. The second-order valence-electron chi connectivity index (χ2n) is 5.97. The Morgan fingerprint density at radius 3 is 2.35 bits per heavy atom. The molecule has 0 bridgehead atoms. The van der Waals surface area contributed by atoms with Crippen LogP contribution in [-0.4, -0.2) is 9.97 Å². The molecule has 4 aromatic rings. The number of anilines is 2. The lowest BCUT2D eigenvalue weighted by molar-refractivity contribution is 0.628. The molecular weight excluding hydrogens is 460 g/mol. The molecule has 0 atom stereocenters. The van der Waals surface area contributed by atoms with Crippen LogP contribution >= 0.6 is 33.9 Å². The number of halogens is 2. The Labute approximate surface area is 168 Å². The Kier molecular flexibility index (Phi) is 4.62. The van der Waals surface area contributed by atoms with Gasteiger partial charge in [0, 0.05) is 19.7 Å². The third kappa shape index (κ3) is 3.31. The molecule has 0 amide bonds. The Morgan fingerprint density at radius 1 is 0.962 bits per heavy atom. The van der Waals surface area contributed by atoms with E-state index < -0.39 is 0 Å². The van der Waals surface area contributed by atoms with Gasteiger partial charge in [0.1, 0.15) is 22.3 Å². The molecule has 4 rings (SSSR count). The number of aryl methyl sites for hydroxylation is 2. The van der Waals surface area contributed by atoms with Crippen molar-refractivity contribution in [2.75, 3.05) is 5.32 Å². The fraction of sp³-hybridized carbons (Fsp3) is 0.100. The second kappa shape index (κ2) is 6.92. The summed E-state index contributed by atoms with van der Waals surface area (Å²) in [5, 5.41) is 4.40. The molecule has 0 aliphatic rings. The molecule has 130 valence electrons. The summed E-state index contributed by atoms with van der Waals surface area (Å²) in [5.41, 5.74) is 2.99. The van der Waals surface area contributed by atoms with Crippen molar-refractivity contribution in [3.63, 3.8) is 0 Å². The SMILES string of the molecule is Cc1nc(Nc2ccc(I)cc2)c2c(-c3ccc(F)cc3)c(C)sc2n1. The van der Waals surface area contributed by atoms with E-state index in [4.69, 9.17) is 0 Å². The van der Waals surface area contributed by atoms with Gasteiger partial charge >= 0.3 is 0 Å². The molecule has 0 saturated heterocycles. The molecule has 0 aliphatic carbocycles. The van der Waals surface area contributed by atoms with Gasteiger partial charge in [-0.2, -0.15) is 0 Å². The van der Waals surface area contributed by atoms with Crippen molar-refractivity contribution in [3.05, 3.63) is 68.6 Å². The molecule has 2 heterocycles. The van der Waals surface area contributed by atoms with Gasteiger partial charge in [-0.25, -0.2) is 14.4 Å². The minimum absolute atomic E-state index is 0.240. The number of benzene rings is 2. The molecule has 2 aromatic heterocycles. The molecule has 0 radical (unpaired) electrons. The fourth-order valence-corrected chi connectivity index (χ4v) is 4.39. The molecule has 0 unspecified atom stereocenters. The van der Waals surface area contributed by atoms with Crippen molar-refractivity contribution < 1.29 is 4.39 Å². The summed E-state index contributed by atoms with van der Waals surface area (Å²) >= 11 is 3.92. The normalized spacial score (nSPS) is 11.1. The van der Waals surface area contributed by atoms with Gasteiger partial charge in [0.25, 0.3) is 0 Å². The predicted octanol–water partition coefficient (Wildman–Crippen LogP) is 6.46. The molecule has 3 nitrogen and oxygen atoms in total. The number of aromatic nitrogens is 2. The highest BCUT2D eigenvalue weighted by molar-refractivity contribution is 14.1. The van der Waals surface area contributed by atoms with Crippen LogP contribution in [0.2, 0.25) is 0 Å². The topological polar surface area (TPSA) is 37.8 Å². The zero-order valence-electron chi connectivity index (χ0n) is 14.2. The number of nitrogens with zero attached hydrogens (tertiary/aromatic N) is 2. The summed E-state index contributed by atoms with van der Waals surface area (Å²) < 4.78 is 14.5. The fourth-order valence-electron chi connectivity index (χ4n) is 2.94. The number of fused-ring (bicyclic) bond motifs is 1. The number of hydrogen-bond acceptors (Lipinski definition) is 4. The summed E-state index contributed by atoms with van der Waals surface area (Å²) in [6, 6.07) is 14.7. The molecule has 6 heteroatoms. The van der Waals surface area contributed by atoms with E-state index in [1.54, 1.807) is 23.5 Å². The quantitative estimate of drug-likeness (QED) is 0.346. The molecule has 0 saturated carbocycles. The van der Waals surface area contributed by atoms with Crippen LogP contribution in [0, 0.1) is 23.2 Å². The summed E-state index contributed by atoms with van der Waals surface area (Å²) in [6.07, 6.45) is 0. The van der Waals surface area contributed by atoms with Crippen LogP contribution in [-0.2, 0) is 0 Å². The van der Waals surface area contributed by atoms with Gasteiger partial charge in [-0.15, -0.1) is 11.3 Å². The van der Waals surface area contributed by atoms with Crippen LogP contribution in [0.4, 0.5) is 15.9 Å². The first-order valence-corrected chi connectivity index (χ1v) is 9.97. The average molecular weight is 475 g/mol. The summed E-state index contributed by atoms with van der Waals surface area (Å²) in [5.74, 6) is 1.25. The monoisotopic (exact) mass is 475 g/mol. The van der Waals surface area contributed by atoms with Crippen LogP contribution in [0.25, 0.3) is 21.3 Å². The molecule has 0 spiro atoms. The van der Waals surface area contributed by atoms with E-state index in [1.807, 2.05) is 31.2 Å². The molecule has 1 N–H and O–H groups in total. The Balaban J connectivity index is 1.91. The highest BCUT2D eigenvalue weighted by atomic mass is 127. The van der Waals surface area contributed by atoms with Crippen molar-refractivity contribution in [2.24, 2.45) is 0 Å². The molecule has 0 fully saturated rings. The maximum atomic E-state index is 13.4. The van der Waals surface area contributed by atoms with Crippen molar-refractivity contribution in [3.8, 4) is 11.1 Å². The highest BCUT2D eigenvalue weighted by Gasteiger charge is 2.18. The summed E-state index contributed by atoms with van der Waals surface area (Å²) in [7, 11) is 0. The molecule has 2 aromatic carbocycles. The van der Waals surface area contributed by atoms with E-state index in [0.717, 1.165) is 43.6 Å². The predicted molar refractivity (Wildman–Crippen MR) is 115 cm³/mol. The Hall–Kier alpha value is -2.06. The van der Waals surface area contributed by atoms with E-state index >= 15 is 0 Å². The second-order valence-corrected chi connectivity index (χ2v) is 8.42. The van der Waals surface area contributed by atoms with Crippen LogP contribution in [0.15, 0.2) is 48.5 Å². The summed E-state index contributed by atoms with van der Waals surface area (Å²) in [6.45, 7) is 3.96. The first kappa shape index (κ1) is 17.4. The average Bonchev–Trinajstić information content (AvgIpc) is 2.93. The third-order valence-electron chi connectivity index (χ3n) is 4.08. The van der Waals surface area contributed by atoms with Gasteiger partial charge in [0.2, 0.25) is 0 Å². The van der Waals surface area contributed by atoms with Gasteiger partial charge in [0.15, 0.2) is 0 Å². The first-order valence-electron chi connectivity index (χ1n) is 8.07. The van der Waals surface area contributed by atoms with E-state index in [2.05, 4.69) is 44.8 Å². The maximum absolute atomic E-state index is 13.4. The van der Waals surface area contributed by atoms with Crippen molar-refractivity contribution in [1.29, 1.82) is 0 Å². The van der Waals surface area contributed by atoms with Crippen LogP contribution < -0.4 is 5.32 Å². The van der Waals surface area contributed by atoms with Crippen molar-refractivity contribution in [2.45, 2.75) is 13.8 Å². The zero-order valence-corrected chi connectivity index (χ0v) is 17.2. The lowest BCUT2D eigenvalue weighted by atomic mass is 10.0. The van der Waals surface area contributed by atoms with E-state index in [-0.39, 0.29) is 5.82 Å². The van der Waals surface area contributed by atoms with Crippen molar-refractivity contribution in [1.82, 2.24) is 9.97 Å². The van der Waals surface area contributed by atoms with Gasteiger partial charge in [-0.05, 0) is 78.4 Å². The number of thiophene rings is 1. The number of nitrogens with one attached hydrogen (secondary N) is 1. The lowest BCUT2D eigenvalue weighted by Crippen LogP contribution is -1.98. The van der Waals surface area contributed by atoms with E-state index in [0.29, 0.717) is 0 Å². The molecule has 0 aliphatic heterocycles. The van der Waals surface area contributed by atoms with Crippen LogP contribution in [0.5, 0.6) is 0 Å². The largest absolute Gasteiger partial charge is 0.340 e. The molecule has 26 heavy (non-hydrogen) atoms. The Morgan fingerprint density at radius 2 is 1.65 bits per heavy atom. The summed E-state index contributed by atoms with van der Waals surface area (Å²) in [4.78, 5) is 11.3.